The first-order chi connectivity index (χ1) is 14.9. The lowest BCUT2D eigenvalue weighted by Gasteiger charge is -2.38. The number of hydrogen-bond donors (Lipinski definition) is 0. The van der Waals surface area contributed by atoms with E-state index in [9.17, 15) is 13.6 Å². The number of ether oxygens (including phenoxy) is 1. The average Bonchev–Trinajstić information content (AvgIpc) is 3.12. The Hall–Kier alpha value is -3.35. The summed E-state index contributed by atoms with van der Waals surface area (Å²) < 4.78 is 49.3. The van der Waals surface area contributed by atoms with E-state index in [0.29, 0.717) is 12.4 Å². The molecule has 2 atom stereocenters. The highest BCUT2D eigenvalue weighted by Gasteiger charge is 2.51. The van der Waals surface area contributed by atoms with Crippen LogP contribution in [0.5, 0.6) is 5.75 Å². The van der Waals surface area contributed by atoms with Gasteiger partial charge in [-0.1, -0.05) is 0 Å². The number of alkyl halides is 1. The van der Waals surface area contributed by atoms with E-state index < -0.39 is 35.4 Å². The molecule has 0 aliphatic carbocycles. The van der Waals surface area contributed by atoms with Gasteiger partial charge in [-0.15, -0.1) is 0 Å². The van der Waals surface area contributed by atoms with Crippen molar-refractivity contribution in [3.05, 3.63) is 47.3 Å². The van der Waals surface area contributed by atoms with Gasteiger partial charge in [-0.2, -0.15) is 5.26 Å². The fourth-order valence-electron chi connectivity index (χ4n) is 4.62. The molecule has 1 aromatic carbocycles. The van der Waals surface area contributed by atoms with Crippen LogP contribution < -0.4 is 9.64 Å². The van der Waals surface area contributed by atoms with Crippen molar-refractivity contribution in [1.82, 2.24) is 14.9 Å². The number of carbonyl (C=O) groups is 1. The van der Waals surface area contributed by atoms with Crippen LogP contribution in [0, 0.1) is 23.0 Å². The zero-order valence-corrected chi connectivity index (χ0v) is 16.4. The number of rotatable bonds is 2. The van der Waals surface area contributed by atoms with Crippen molar-refractivity contribution < 1.29 is 22.7 Å². The molecule has 2 aromatic rings. The van der Waals surface area contributed by atoms with E-state index in [4.69, 9.17) is 10.00 Å². The molecule has 0 saturated carbocycles. The number of amides is 1. The number of fused-ring (bicyclic) bond motifs is 4. The molecule has 10 heteroatoms. The molecule has 4 heterocycles. The third kappa shape index (κ3) is 3.24. The van der Waals surface area contributed by atoms with Crippen molar-refractivity contribution in [2.45, 2.75) is 37.1 Å². The van der Waals surface area contributed by atoms with Crippen LogP contribution in [-0.4, -0.2) is 52.2 Å². The molecule has 3 aliphatic heterocycles. The summed E-state index contributed by atoms with van der Waals surface area (Å²) in [5.41, 5.74) is -1.66. The van der Waals surface area contributed by atoms with Crippen molar-refractivity contribution in [2.75, 3.05) is 24.5 Å². The predicted octanol–water partition coefficient (Wildman–Crippen LogP) is 2.67. The van der Waals surface area contributed by atoms with Crippen LogP contribution in [0.4, 0.5) is 19.1 Å². The summed E-state index contributed by atoms with van der Waals surface area (Å²) in [6, 6.07) is 4.69. The van der Waals surface area contributed by atoms with Gasteiger partial charge in [0.2, 0.25) is 5.95 Å². The highest BCUT2D eigenvalue weighted by Crippen LogP contribution is 2.46. The van der Waals surface area contributed by atoms with Gasteiger partial charge < -0.3 is 14.5 Å². The quantitative estimate of drug-likeness (QED) is 0.730. The minimum Gasteiger partial charge on any atom is -0.485 e. The Balaban J connectivity index is 1.34. The third-order valence-electron chi connectivity index (χ3n) is 6.18. The van der Waals surface area contributed by atoms with Gasteiger partial charge in [-0.3, -0.25) is 4.79 Å². The molecule has 7 nitrogen and oxygen atoms in total. The predicted molar refractivity (Wildman–Crippen MR) is 102 cm³/mol. The lowest BCUT2D eigenvalue weighted by atomic mass is 9.91. The molecule has 2 saturated heterocycles. The summed E-state index contributed by atoms with van der Waals surface area (Å²) in [5, 5.41) is 8.99. The van der Waals surface area contributed by atoms with Crippen molar-refractivity contribution in [3.63, 3.8) is 0 Å². The number of nitrogens with zero attached hydrogens (tertiary/aromatic N) is 5. The first kappa shape index (κ1) is 19.6. The number of piperidine rings is 1. The molecular weight excluding hydrogens is 411 g/mol. The van der Waals surface area contributed by atoms with Crippen LogP contribution in [0.15, 0.2) is 24.4 Å². The highest BCUT2D eigenvalue weighted by molar-refractivity contribution is 5.86. The van der Waals surface area contributed by atoms with Gasteiger partial charge in [0.15, 0.2) is 17.2 Å². The first-order valence-corrected chi connectivity index (χ1v) is 10.0. The Morgan fingerprint density at radius 2 is 2.06 bits per heavy atom. The number of nitriles is 1. The van der Waals surface area contributed by atoms with Crippen molar-refractivity contribution >= 4 is 11.9 Å². The van der Waals surface area contributed by atoms with Gasteiger partial charge in [0.1, 0.15) is 23.7 Å². The van der Waals surface area contributed by atoms with Crippen LogP contribution in [0.1, 0.15) is 36.6 Å². The zero-order chi connectivity index (χ0) is 21.8. The summed E-state index contributed by atoms with van der Waals surface area (Å²) >= 11 is 0. The van der Waals surface area contributed by atoms with E-state index >= 15 is 4.39 Å². The van der Waals surface area contributed by atoms with Gasteiger partial charge in [0.05, 0.1) is 12.6 Å². The van der Waals surface area contributed by atoms with E-state index in [1.807, 2.05) is 6.07 Å². The van der Waals surface area contributed by atoms with Crippen molar-refractivity contribution in [2.24, 2.45) is 0 Å². The molecule has 0 unspecified atom stereocenters. The maximum atomic E-state index is 15.7. The standard InChI is InChI=1S/C21H18F3N5O2/c22-12-7-15-17-9-14(31-18(15)16(23)8-12)11-29(17)19(30)21(24)2-5-28(6-3-21)20-26-4-1-13(10-25)27-20/h1,4,7-8,14,17H,2-3,5-6,9,11H2/t14-,17-/m0/s1. The molecule has 0 spiro atoms. The molecule has 2 bridgehead atoms. The second-order valence-electron chi connectivity index (χ2n) is 8.06. The molecular formula is C21H18F3N5O2. The Morgan fingerprint density at radius 1 is 1.29 bits per heavy atom. The number of anilines is 1. The second kappa shape index (κ2) is 7.11. The van der Waals surface area contributed by atoms with E-state index in [1.54, 1.807) is 4.90 Å². The van der Waals surface area contributed by atoms with Gasteiger partial charge in [0.25, 0.3) is 5.91 Å². The normalized spacial score (nSPS) is 23.7. The molecule has 0 radical (unpaired) electrons. The number of halogens is 3. The van der Waals surface area contributed by atoms with E-state index in [0.717, 1.165) is 12.1 Å². The molecule has 5 rings (SSSR count). The van der Waals surface area contributed by atoms with Crippen LogP contribution in [0.3, 0.4) is 0 Å². The van der Waals surface area contributed by atoms with Gasteiger partial charge in [-0.25, -0.2) is 23.1 Å². The fraction of sp³-hybridized carbons (Fsp3) is 0.429. The molecule has 2 fully saturated rings. The third-order valence-corrected chi connectivity index (χ3v) is 6.18. The second-order valence-corrected chi connectivity index (χ2v) is 8.06. The summed E-state index contributed by atoms with van der Waals surface area (Å²) in [7, 11) is 0. The molecule has 31 heavy (non-hydrogen) atoms. The summed E-state index contributed by atoms with van der Waals surface area (Å²) in [5.74, 6) is -2.01. The van der Waals surface area contributed by atoms with Crippen LogP contribution in [0.25, 0.3) is 0 Å². The molecule has 3 aliphatic rings. The number of aromatic nitrogens is 2. The number of benzene rings is 1. The number of hydrogen-bond acceptors (Lipinski definition) is 6. The SMILES string of the molecule is N#Cc1ccnc(N2CCC(F)(C(=O)N3C[C@@H]4C[C@H]3c3cc(F)cc(F)c3O4)CC2)n1. The minimum absolute atomic E-state index is 0.0600. The summed E-state index contributed by atoms with van der Waals surface area (Å²) in [6.07, 6.45) is 1.23. The lowest BCUT2D eigenvalue weighted by Crippen LogP contribution is -2.52. The molecule has 0 N–H and O–H groups in total. The minimum atomic E-state index is -2.10. The maximum Gasteiger partial charge on any atom is 0.261 e. The van der Waals surface area contributed by atoms with Crippen LogP contribution in [0.2, 0.25) is 0 Å². The van der Waals surface area contributed by atoms with Crippen LogP contribution >= 0.6 is 0 Å². The topological polar surface area (TPSA) is 82.4 Å². The molecule has 1 aromatic heterocycles. The van der Waals surface area contributed by atoms with E-state index in [1.165, 1.54) is 17.2 Å². The Kier molecular flexibility index (Phi) is 4.50. The van der Waals surface area contributed by atoms with E-state index in [2.05, 4.69) is 9.97 Å². The van der Waals surface area contributed by atoms with Crippen molar-refractivity contribution in [1.29, 1.82) is 5.26 Å². The van der Waals surface area contributed by atoms with Gasteiger partial charge >= 0.3 is 0 Å². The average molecular weight is 429 g/mol. The van der Waals surface area contributed by atoms with Gasteiger partial charge in [-0.05, 0) is 12.1 Å². The zero-order valence-electron chi connectivity index (χ0n) is 16.4. The maximum absolute atomic E-state index is 15.7. The molecule has 1 amide bonds. The summed E-state index contributed by atoms with van der Waals surface area (Å²) in [6.45, 7) is 0.534. The smallest absolute Gasteiger partial charge is 0.261 e. The molecule has 160 valence electrons. The van der Waals surface area contributed by atoms with Crippen LogP contribution in [-0.2, 0) is 4.79 Å². The Bertz CT molecular complexity index is 1100. The Labute approximate surface area is 176 Å². The number of likely N-dealkylation sites (tertiary alicyclic amines) is 1. The van der Waals surface area contributed by atoms with Crippen molar-refractivity contribution in [3.8, 4) is 11.8 Å². The first-order valence-electron chi connectivity index (χ1n) is 10.0. The lowest BCUT2D eigenvalue weighted by molar-refractivity contribution is -0.146. The highest BCUT2D eigenvalue weighted by atomic mass is 19.1. The van der Waals surface area contributed by atoms with Gasteiger partial charge in [0, 0.05) is 50.2 Å². The van der Waals surface area contributed by atoms with E-state index in [-0.39, 0.29) is 49.5 Å². The monoisotopic (exact) mass is 429 g/mol. The Morgan fingerprint density at radius 3 is 2.81 bits per heavy atom. The number of carbonyl (C=O) groups excluding carboxylic acids is 1. The fourth-order valence-corrected chi connectivity index (χ4v) is 4.62. The largest absolute Gasteiger partial charge is 0.485 e. The summed E-state index contributed by atoms with van der Waals surface area (Å²) in [4.78, 5) is 24.5.